The molecule has 5 nitrogen and oxygen atoms in total. The number of imidazole rings is 1. The molecular formula is C19H18FN3O2. The van der Waals surface area contributed by atoms with Gasteiger partial charge in [-0.15, -0.1) is 0 Å². The Morgan fingerprint density at radius 3 is 3.00 bits per heavy atom. The highest BCUT2D eigenvalue weighted by atomic mass is 19.1. The Balaban J connectivity index is 1.55. The molecule has 1 fully saturated rings. The molecule has 0 saturated carbocycles. The molecule has 1 saturated heterocycles. The minimum Gasteiger partial charge on any atom is -0.370 e. The number of aryl methyl sites for hydroxylation is 1. The summed E-state index contributed by atoms with van der Waals surface area (Å²) in [5.41, 5.74) is 2.81. The third kappa shape index (κ3) is 3.00. The van der Waals surface area contributed by atoms with Gasteiger partial charge in [0.05, 0.1) is 13.2 Å². The molecule has 25 heavy (non-hydrogen) atoms. The number of ether oxygens (including phenoxy) is 1. The first-order chi connectivity index (χ1) is 12.1. The smallest absolute Gasteiger partial charge is 0.254 e. The van der Waals surface area contributed by atoms with E-state index in [0.29, 0.717) is 30.8 Å². The van der Waals surface area contributed by atoms with E-state index in [2.05, 4.69) is 4.98 Å². The van der Waals surface area contributed by atoms with Crippen LogP contribution < -0.4 is 0 Å². The molecule has 3 heterocycles. The van der Waals surface area contributed by atoms with Gasteiger partial charge in [-0.2, -0.15) is 0 Å². The standard InChI is InChI=1S/C19H18FN3O2/c1-13-10-14(2-3-16(13)20)17-12-23(8-9-25-17)19(24)15-4-6-22-7-5-21-18(22)11-15/h2-7,10-11,17H,8-9,12H2,1H3/t17-/m0/s1. The molecule has 1 atom stereocenters. The minimum absolute atomic E-state index is 0.0439. The van der Waals surface area contributed by atoms with E-state index in [-0.39, 0.29) is 17.8 Å². The molecular weight excluding hydrogens is 321 g/mol. The van der Waals surface area contributed by atoms with E-state index >= 15 is 0 Å². The van der Waals surface area contributed by atoms with Gasteiger partial charge in [-0.05, 0) is 36.2 Å². The summed E-state index contributed by atoms with van der Waals surface area (Å²) in [4.78, 5) is 18.8. The summed E-state index contributed by atoms with van der Waals surface area (Å²) in [5.74, 6) is -0.280. The van der Waals surface area contributed by atoms with Gasteiger partial charge in [0.1, 0.15) is 17.6 Å². The molecule has 2 aromatic heterocycles. The highest BCUT2D eigenvalue weighted by molar-refractivity contribution is 5.95. The van der Waals surface area contributed by atoms with Gasteiger partial charge in [-0.3, -0.25) is 4.79 Å². The maximum absolute atomic E-state index is 13.5. The van der Waals surface area contributed by atoms with Crippen LogP contribution in [0.4, 0.5) is 4.39 Å². The summed E-state index contributed by atoms with van der Waals surface area (Å²) in [5, 5.41) is 0. The maximum Gasteiger partial charge on any atom is 0.254 e. The first-order valence-corrected chi connectivity index (χ1v) is 8.21. The zero-order valence-corrected chi connectivity index (χ0v) is 13.9. The maximum atomic E-state index is 13.5. The topological polar surface area (TPSA) is 46.8 Å². The number of carbonyl (C=O) groups is 1. The number of hydrogen-bond donors (Lipinski definition) is 0. The second kappa shape index (κ2) is 6.29. The Hall–Kier alpha value is -2.73. The van der Waals surface area contributed by atoms with Gasteiger partial charge in [0.2, 0.25) is 0 Å². The van der Waals surface area contributed by atoms with Crippen LogP contribution in [0.5, 0.6) is 0 Å². The SMILES string of the molecule is Cc1cc([C@@H]2CN(C(=O)c3ccn4ccnc4c3)CCO2)ccc1F. The minimum atomic E-state index is -0.243. The number of amides is 1. The summed E-state index contributed by atoms with van der Waals surface area (Å²) in [7, 11) is 0. The van der Waals surface area contributed by atoms with E-state index in [1.165, 1.54) is 6.07 Å². The fraction of sp³-hybridized carbons (Fsp3) is 0.263. The van der Waals surface area contributed by atoms with Gasteiger partial charge in [-0.25, -0.2) is 9.37 Å². The fourth-order valence-electron chi connectivity index (χ4n) is 3.13. The molecule has 0 spiro atoms. The summed E-state index contributed by atoms with van der Waals surface area (Å²) in [6.07, 6.45) is 5.12. The van der Waals surface area contributed by atoms with Crippen molar-refractivity contribution in [3.8, 4) is 0 Å². The van der Waals surface area contributed by atoms with Gasteiger partial charge < -0.3 is 14.0 Å². The van der Waals surface area contributed by atoms with Crippen LogP contribution in [0.25, 0.3) is 5.65 Å². The molecule has 1 aromatic carbocycles. The van der Waals surface area contributed by atoms with Gasteiger partial charge in [0.15, 0.2) is 0 Å². The van der Waals surface area contributed by atoms with Crippen molar-refractivity contribution in [1.82, 2.24) is 14.3 Å². The lowest BCUT2D eigenvalue weighted by Gasteiger charge is -2.33. The second-order valence-corrected chi connectivity index (χ2v) is 6.23. The molecule has 0 radical (unpaired) electrons. The molecule has 0 unspecified atom stereocenters. The van der Waals surface area contributed by atoms with Crippen LogP contribution in [0.3, 0.4) is 0 Å². The first-order valence-electron chi connectivity index (χ1n) is 8.21. The highest BCUT2D eigenvalue weighted by Crippen LogP contribution is 2.25. The van der Waals surface area contributed by atoms with Crippen LogP contribution in [0.2, 0.25) is 0 Å². The van der Waals surface area contributed by atoms with Crippen LogP contribution in [-0.2, 0) is 4.74 Å². The average molecular weight is 339 g/mol. The van der Waals surface area contributed by atoms with E-state index in [4.69, 9.17) is 4.74 Å². The lowest BCUT2D eigenvalue weighted by Crippen LogP contribution is -2.42. The summed E-state index contributed by atoms with van der Waals surface area (Å²) in [6, 6.07) is 8.53. The third-order valence-corrected chi connectivity index (χ3v) is 4.55. The van der Waals surface area contributed by atoms with Crippen molar-refractivity contribution in [2.45, 2.75) is 13.0 Å². The van der Waals surface area contributed by atoms with E-state index in [1.54, 1.807) is 42.3 Å². The Labute approximate surface area is 144 Å². The number of benzene rings is 1. The van der Waals surface area contributed by atoms with Crippen molar-refractivity contribution in [2.24, 2.45) is 0 Å². The summed E-state index contributed by atoms with van der Waals surface area (Å²) in [6.45, 7) is 3.17. The molecule has 1 aliphatic rings. The number of carbonyl (C=O) groups excluding carboxylic acids is 1. The summed E-state index contributed by atoms with van der Waals surface area (Å²) < 4.78 is 21.1. The molecule has 1 aliphatic heterocycles. The van der Waals surface area contributed by atoms with Crippen molar-refractivity contribution < 1.29 is 13.9 Å². The Kier molecular flexibility index (Phi) is 3.97. The third-order valence-electron chi connectivity index (χ3n) is 4.55. The largest absolute Gasteiger partial charge is 0.370 e. The molecule has 4 rings (SSSR count). The van der Waals surface area contributed by atoms with Gasteiger partial charge in [0.25, 0.3) is 5.91 Å². The molecule has 0 aliphatic carbocycles. The number of aromatic nitrogens is 2. The Morgan fingerprint density at radius 2 is 2.16 bits per heavy atom. The number of halogens is 1. The predicted molar refractivity (Wildman–Crippen MR) is 90.9 cm³/mol. The second-order valence-electron chi connectivity index (χ2n) is 6.23. The molecule has 6 heteroatoms. The van der Waals surface area contributed by atoms with E-state index in [0.717, 1.165) is 11.2 Å². The van der Waals surface area contributed by atoms with Crippen LogP contribution in [0, 0.1) is 12.7 Å². The molecule has 0 N–H and O–H groups in total. The van der Waals surface area contributed by atoms with Crippen LogP contribution in [0.15, 0.2) is 48.9 Å². The van der Waals surface area contributed by atoms with E-state index in [1.807, 2.05) is 16.8 Å². The Bertz CT molecular complexity index is 937. The average Bonchev–Trinajstić information content (AvgIpc) is 3.11. The summed E-state index contributed by atoms with van der Waals surface area (Å²) >= 11 is 0. The van der Waals surface area contributed by atoms with Gasteiger partial charge >= 0.3 is 0 Å². The lowest BCUT2D eigenvalue weighted by molar-refractivity contribution is -0.0228. The molecule has 128 valence electrons. The van der Waals surface area contributed by atoms with Crippen molar-refractivity contribution in [1.29, 1.82) is 0 Å². The number of pyridine rings is 1. The Morgan fingerprint density at radius 1 is 1.28 bits per heavy atom. The van der Waals surface area contributed by atoms with E-state index < -0.39 is 0 Å². The van der Waals surface area contributed by atoms with Gasteiger partial charge in [-0.1, -0.05) is 12.1 Å². The monoisotopic (exact) mass is 339 g/mol. The van der Waals surface area contributed by atoms with E-state index in [9.17, 15) is 9.18 Å². The van der Waals surface area contributed by atoms with Crippen molar-refractivity contribution in [2.75, 3.05) is 19.7 Å². The van der Waals surface area contributed by atoms with Crippen molar-refractivity contribution in [3.63, 3.8) is 0 Å². The first kappa shape index (κ1) is 15.8. The normalized spacial score (nSPS) is 17.8. The van der Waals surface area contributed by atoms with Crippen molar-refractivity contribution >= 4 is 11.6 Å². The van der Waals surface area contributed by atoms with Crippen LogP contribution >= 0.6 is 0 Å². The molecule has 1 amide bonds. The molecule has 3 aromatic rings. The molecule has 0 bridgehead atoms. The van der Waals surface area contributed by atoms with Crippen molar-refractivity contribution in [3.05, 3.63) is 71.4 Å². The number of hydrogen-bond acceptors (Lipinski definition) is 3. The van der Waals surface area contributed by atoms with Gasteiger partial charge in [0, 0.05) is 30.7 Å². The van der Waals surface area contributed by atoms with Crippen LogP contribution in [0.1, 0.15) is 27.6 Å². The number of rotatable bonds is 2. The quantitative estimate of drug-likeness (QED) is 0.721. The number of morpholine rings is 1. The lowest BCUT2D eigenvalue weighted by atomic mass is 10.0. The predicted octanol–water partition coefficient (Wildman–Crippen LogP) is 3.00. The zero-order chi connectivity index (χ0) is 17.4. The number of fused-ring (bicyclic) bond motifs is 1. The highest BCUT2D eigenvalue weighted by Gasteiger charge is 2.26. The number of nitrogens with zero attached hydrogens (tertiary/aromatic N) is 3. The zero-order valence-electron chi connectivity index (χ0n) is 13.9. The van der Waals surface area contributed by atoms with Crippen LogP contribution in [-0.4, -0.2) is 39.9 Å². The fourth-order valence-corrected chi connectivity index (χ4v) is 3.13.